The number of aliphatic carboxylic acids is 1. The van der Waals surface area contributed by atoms with Crippen molar-refractivity contribution in [2.45, 2.75) is 187 Å². The van der Waals surface area contributed by atoms with Crippen molar-refractivity contribution >= 4 is 25.7 Å². The molecular formula is C43H76NO10P. The van der Waals surface area contributed by atoms with E-state index in [0.29, 0.717) is 12.8 Å². The Bertz CT molecular complexity index is 1120. The SMILES string of the molecule is CCC/C=C\C/C=C\CCCCCCCC(=O)OCC(O)COP(=O)(O)OCC(NC(=O)CCCCCCCCC/C=C\C/C=C\CCCCCC)C(=O)O. The quantitative estimate of drug-likeness (QED) is 0.0203. The second-order valence-corrected chi connectivity index (χ2v) is 15.6. The van der Waals surface area contributed by atoms with Gasteiger partial charge in [0, 0.05) is 12.8 Å². The number of aliphatic hydroxyl groups excluding tert-OH is 1. The van der Waals surface area contributed by atoms with Crippen molar-refractivity contribution in [2.24, 2.45) is 0 Å². The minimum atomic E-state index is -4.76. The van der Waals surface area contributed by atoms with E-state index in [4.69, 9.17) is 13.8 Å². The number of aliphatic hydroxyl groups is 1. The summed E-state index contributed by atoms with van der Waals surface area (Å²) in [6, 6.07) is -1.55. The predicted molar refractivity (Wildman–Crippen MR) is 222 cm³/mol. The topological polar surface area (TPSA) is 169 Å². The number of hydrogen-bond acceptors (Lipinski definition) is 8. The van der Waals surface area contributed by atoms with Gasteiger partial charge in [0.1, 0.15) is 12.7 Å². The lowest BCUT2D eigenvalue weighted by Crippen LogP contribution is -2.43. The zero-order valence-corrected chi connectivity index (χ0v) is 35.1. The molecule has 0 fully saturated rings. The fourth-order valence-corrected chi connectivity index (χ4v) is 6.27. The van der Waals surface area contributed by atoms with Gasteiger partial charge in [-0.05, 0) is 70.6 Å². The van der Waals surface area contributed by atoms with Gasteiger partial charge >= 0.3 is 19.8 Å². The number of unbranched alkanes of at least 4 members (excludes halogenated alkanes) is 17. The number of nitrogens with one attached hydrogen (secondary N) is 1. The molecule has 0 rings (SSSR count). The number of carbonyl (C=O) groups is 3. The summed E-state index contributed by atoms with van der Waals surface area (Å²) in [6.45, 7) is 2.48. The molecule has 0 aromatic heterocycles. The molecule has 0 aromatic carbocycles. The van der Waals surface area contributed by atoms with E-state index in [9.17, 15) is 34.1 Å². The zero-order valence-electron chi connectivity index (χ0n) is 34.2. The van der Waals surface area contributed by atoms with Crippen LogP contribution in [0.3, 0.4) is 0 Å². The summed E-state index contributed by atoms with van der Waals surface area (Å²) in [4.78, 5) is 45.8. The molecule has 0 aliphatic heterocycles. The maximum Gasteiger partial charge on any atom is 0.472 e. The van der Waals surface area contributed by atoms with Crippen LogP contribution in [0.15, 0.2) is 48.6 Å². The van der Waals surface area contributed by atoms with Crippen LogP contribution in [0.4, 0.5) is 0 Å². The number of hydrogen-bond donors (Lipinski definition) is 4. The molecule has 0 aliphatic carbocycles. The van der Waals surface area contributed by atoms with E-state index in [0.717, 1.165) is 89.9 Å². The maximum atomic E-state index is 12.3. The highest BCUT2D eigenvalue weighted by Crippen LogP contribution is 2.43. The molecule has 0 bridgehead atoms. The van der Waals surface area contributed by atoms with Crippen LogP contribution in [0.2, 0.25) is 0 Å². The van der Waals surface area contributed by atoms with Gasteiger partial charge in [-0.1, -0.05) is 140 Å². The third kappa shape index (κ3) is 38.1. The number of carboxylic acids is 1. The van der Waals surface area contributed by atoms with Crippen LogP contribution in [0.5, 0.6) is 0 Å². The number of carboxylic acid groups (broad SMARTS) is 1. The number of rotatable bonds is 39. The highest BCUT2D eigenvalue weighted by atomic mass is 31.2. The molecule has 0 saturated carbocycles. The fraction of sp³-hybridized carbons (Fsp3) is 0.744. The summed E-state index contributed by atoms with van der Waals surface area (Å²) in [5, 5.41) is 21.8. The number of carbonyl (C=O) groups excluding carboxylic acids is 2. The summed E-state index contributed by atoms with van der Waals surface area (Å²) in [5.74, 6) is -2.40. The first kappa shape index (κ1) is 52.4. The zero-order chi connectivity index (χ0) is 40.7. The molecule has 3 unspecified atom stereocenters. The Morgan fingerprint density at radius 1 is 0.582 bits per heavy atom. The lowest BCUT2D eigenvalue weighted by atomic mass is 10.1. The van der Waals surface area contributed by atoms with Crippen LogP contribution in [0.1, 0.15) is 174 Å². The predicted octanol–water partition coefficient (Wildman–Crippen LogP) is 10.6. The number of phosphoric ester groups is 1. The van der Waals surface area contributed by atoms with Crippen molar-refractivity contribution in [2.75, 3.05) is 19.8 Å². The van der Waals surface area contributed by atoms with Gasteiger partial charge in [-0.15, -0.1) is 0 Å². The maximum absolute atomic E-state index is 12.3. The first-order chi connectivity index (χ1) is 26.6. The largest absolute Gasteiger partial charge is 0.480 e. The Morgan fingerprint density at radius 3 is 1.55 bits per heavy atom. The molecule has 3 atom stereocenters. The molecule has 0 saturated heterocycles. The van der Waals surface area contributed by atoms with Crippen LogP contribution in [0, 0.1) is 0 Å². The van der Waals surface area contributed by atoms with Crippen molar-refractivity contribution in [3.8, 4) is 0 Å². The van der Waals surface area contributed by atoms with Gasteiger partial charge < -0.3 is 25.2 Å². The lowest BCUT2D eigenvalue weighted by Gasteiger charge is -2.18. The molecule has 0 radical (unpaired) electrons. The first-order valence-electron chi connectivity index (χ1n) is 21.2. The third-order valence-electron chi connectivity index (χ3n) is 8.82. The minimum Gasteiger partial charge on any atom is -0.480 e. The summed E-state index contributed by atoms with van der Waals surface area (Å²) < 4.78 is 26.8. The molecule has 55 heavy (non-hydrogen) atoms. The van der Waals surface area contributed by atoms with Gasteiger partial charge in [-0.25, -0.2) is 9.36 Å². The van der Waals surface area contributed by atoms with Crippen molar-refractivity contribution in [1.29, 1.82) is 0 Å². The van der Waals surface area contributed by atoms with Crippen LogP contribution in [0.25, 0.3) is 0 Å². The summed E-state index contributed by atoms with van der Waals surface area (Å²) in [5.41, 5.74) is 0. The molecule has 12 heteroatoms. The second kappa shape index (κ2) is 38.3. The van der Waals surface area contributed by atoms with E-state index >= 15 is 0 Å². The Morgan fingerprint density at radius 2 is 1.04 bits per heavy atom. The molecule has 0 aliphatic rings. The van der Waals surface area contributed by atoms with Gasteiger partial charge in [0.2, 0.25) is 5.91 Å². The monoisotopic (exact) mass is 798 g/mol. The number of amides is 1. The standard InChI is InChI=1S/C43H76NO10P/c1-3-5-7-9-11-13-15-17-18-19-20-21-23-24-26-28-30-32-34-41(46)44-40(43(48)49)38-54-55(50,51)53-37-39(45)36-52-42(47)35-33-31-29-27-25-22-16-14-12-10-8-6-4-2/h8,10,13-16,18-19,39-40,45H,3-7,9,11-12,17,20-38H2,1-2H3,(H,44,46)(H,48,49)(H,50,51)/b10-8-,15-13-,16-14-,19-18-. The summed E-state index contributed by atoms with van der Waals surface area (Å²) in [7, 11) is -4.76. The van der Waals surface area contributed by atoms with Gasteiger partial charge in [0.15, 0.2) is 6.04 Å². The van der Waals surface area contributed by atoms with Crippen LogP contribution in [-0.2, 0) is 32.7 Å². The first-order valence-corrected chi connectivity index (χ1v) is 22.7. The van der Waals surface area contributed by atoms with Gasteiger partial charge in [0.25, 0.3) is 0 Å². The van der Waals surface area contributed by atoms with Crippen LogP contribution >= 0.6 is 7.82 Å². The van der Waals surface area contributed by atoms with Crippen molar-refractivity contribution < 1.29 is 47.8 Å². The van der Waals surface area contributed by atoms with E-state index in [1.807, 2.05) is 0 Å². The Hall–Kier alpha value is -2.56. The van der Waals surface area contributed by atoms with Crippen molar-refractivity contribution in [3.05, 3.63) is 48.6 Å². The van der Waals surface area contributed by atoms with Crippen LogP contribution in [-0.4, -0.2) is 64.9 Å². The van der Waals surface area contributed by atoms with Gasteiger partial charge in [-0.2, -0.15) is 0 Å². The lowest BCUT2D eigenvalue weighted by molar-refractivity contribution is -0.147. The minimum absolute atomic E-state index is 0.134. The normalized spacial score (nSPS) is 14.3. The molecule has 4 N–H and O–H groups in total. The molecule has 0 aromatic rings. The van der Waals surface area contributed by atoms with E-state index in [1.54, 1.807) is 0 Å². The third-order valence-corrected chi connectivity index (χ3v) is 9.77. The van der Waals surface area contributed by atoms with E-state index in [2.05, 4.69) is 67.8 Å². The Kier molecular flexibility index (Phi) is 36.5. The average molecular weight is 798 g/mol. The number of phosphoric acid groups is 1. The number of esters is 1. The second-order valence-electron chi connectivity index (χ2n) is 14.2. The smallest absolute Gasteiger partial charge is 0.472 e. The molecule has 11 nitrogen and oxygen atoms in total. The fourth-order valence-electron chi connectivity index (χ4n) is 5.50. The van der Waals surface area contributed by atoms with Crippen molar-refractivity contribution in [3.63, 3.8) is 0 Å². The van der Waals surface area contributed by atoms with Gasteiger partial charge in [0.05, 0.1) is 13.2 Å². The van der Waals surface area contributed by atoms with E-state index < -0.39 is 57.6 Å². The molecule has 318 valence electrons. The number of ether oxygens (including phenoxy) is 1. The van der Waals surface area contributed by atoms with E-state index in [1.165, 1.54) is 44.9 Å². The number of allylic oxidation sites excluding steroid dienone is 8. The highest BCUT2D eigenvalue weighted by Gasteiger charge is 2.28. The van der Waals surface area contributed by atoms with Crippen LogP contribution < -0.4 is 5.32 Å². The Labute approximate surface area is 333 Å². The highest BCUT2D eigenvalue weighted by molar-refractivity contribution is 7.47. The van der Waals surface area contributed by atoms with Crippen molar-refractivity contribution in [1.82, 2.24) is 5.32 Å². The molecule has 0 spiro atoms. The molecular weight excluding hydrogens is 721 g/mol. The summed E-state index contributed by atoms with van der Waals surface area (Å²) in [6.07, 6.45) is 41.3. The van der Waals surface area contributed by atoms with Gasteiger partial charge in [-0.3, -0.25) is 18.6 Å². The van der Waals surface area contributed by atoms with E-state index in [-0.39, 0.29) is 12.8 Å². The Balaban J connectivity index is 3.95. The average Bonchev–Trinajstić information content (AvgIpc) is 3.16. The molecule has 1 amide bonds. The summed E-state index contributed by atoms with van der Waals surface area (Å²) >= 11 is 0. The molecule has 0 heterocycles.